The molecule has 0 aliphatic heterocycles. The van der Waals surface area contributed by atoms with Crippen molar-refractivity contribution in [1.82, 2.24) is 9.38 Å². The number of Topliss-reactive ketones (excluding diaryl/α,β-unsaturated/α-hetero) is 1. The van der Waals surface area contributed by atoms with Crippen molar-refractivity contribution >= 4 is 11.4 Å². The standard InChI is InChI=1S/C25H26F2N2O4/c1-25(31,16-5-6-16)17-7-8-29-18(13-28-22(29)12-17)15-10-20(32-2)23(19(30)9-14-3-4-14)21(11-15)33-24(26)27/h7-8,10-14,16,24,31H,3-6,9H2,1-2H3. The van der Waals surface area contributed by atoms with Gasteiger partial charge in [0.05, 0.1) is 24.6 Å². The van der Waals surface area contributed by atoms with Crippen molar-refractivity contribution < 1.29 is 28.2 Å². The molecule has 2 heterocycles. The van der Waals surface area contributed by atoms with Gasteiger partial charge in [0, 0.05) is 18.2 Å². The number of rotatable bonds is 9. The zero-order valence-electron chi connectivity index (χ0n) is 18.6. The van der Waals surface area contributed by atoms with Crippen LogP contribution in [0.2, 0.25) is 0 Å². The topological polar surface area (TPSA) is 73.1 Å². The van der Waals surface area contributed by atoms with Gasteiger partial charge in [0.2, 0.25) is 0 Å². The quantitative estimate of drug-likeness (QED) is 0.448. The summed E-state index contributed by atoms with van der Waals surface area (Å²) in [5.74, 6) is 0.266. The molecule has 33 heavy (non-hydrogen) atoms. The number of carbonyl (C=O) groups is 1. The van der Waals surface area contributed by atoms with E-state index in [0.29, 0.717) is 22.8 Å². The lowest BCUT2D eigenvalue weighted by Gasteiger charge is -2.23. The summed E-state index contributed by atoms with van der Waals surface area (Å²) in [6.07, 6.45) is 7.64. The molecule has 0 bridgehead atoms. The molecule has 1 aromatic carbocycles. The smallest absolute Gasteiger partial charge is 0.387 e. The number of imidazole rings is 1. The number of hydrogen-bond donors (Lipinski definition) is 1. The first-order valence-corrected chi connectivity index (χ1v) is 11.2. The third-order valence-electron chi connectivity index (χ3n) is 6.72. The molecular formula is C25H26F2N2O4. The van der Waals surface area contributed by atoms with E-state index in [2.05, 4.69) is 4.98 Å². The molecule has 2 saturated carbocycles. The summed E-state index contributed by atoms with van der Waals surface area (Å²) in [4.78, 5) is 17.3. The number of fused-ring (bicyclic) bond motifs is 1. The SMILES string of the molecule is COc1cc(-c2cnc3cc(C(C)(O)C4CC4)ccn23)cc(OC(F)F)c1C(=O)CC1CC1. The Morgan fingerprint density at radius 1 is 1.24 bits per heavy atom. The first-order chi connectivity index (χ1) is 15.8. The summed E-state index contributed by atoms with van der Waals surface area (Å²) >= 11 is 0. The van der Waals surface area contributed by atoms with Crippen LogP contribution in [0.4, 0.5) is 8.78 Å². The number of benzene rings is 1. The highest BCUT2D eigenvalue weighted by Crippen LogP contribution is 2.46. The lowest BCUT2D eigenvalue weighted by Crippen LogP contribution is -2.23. The molecule has 8 heteroatoms. The lowest BCUT2D eigenvalue weighted by atomic mass is 9.92. The summed E-state index contributed by atoms with van der Waals surface area (Å²) < 4.78 is 38.4. The molecule has 0 radical (unpaired) electrons. The maximum atomic E-state index is 13.2. The van der Waals surface area contributed by atoms with E-state index in [1.165, 1.54) is 13.2 Å². The molecule has 0 saturated heterocycles. The average molecular weight is 456 g/mol. The molecule has 2 aliphatic rings. The van der Waals surface area contributed by atoms with Crippen molar-refractivity contribution in [3.63, 3.8) is 0 Å². The van der Waals surface area contributed by atoms with Gasteiger partial charge < -0.3 is 14.6 Å². The Hall–Kier alpha value is -3.00. The van der Waals surface area contributed by atoms with Crippen LogP contribution in [-0.4, -0.2) is 34.0 Å². The average Bonchev–Trinajstić information content (AvgIpc) is 3.70. The normalized spacial score (nSPS) is 17.9. The Morgan fingerprint density at radius 3 is 2.61 bits per heavy atom. The number of ketones is 1. The van der Waals surface area contributed by atoms with E-state index < -0.39 is 12.2 Å². The minimum atomic E-state index is -3.08. The molecule has 1 unspecified atom stereocenters. The fourth-order valence-corrected chi connectivity index (χ4v) is 4.44. The number of ether oxygens (including phenoxy) is 2. The fourth-order valence-electron chi connectivity index (χ4n) is 4.44. The molecule has 174 valence electrons. The first kappa shape index (κ1) is 21.8. The summed E-state index contributed by atoms with van der Waals surface area (Å²) in [6.45, 7) is -1.26. The van der Waals surface area contributed by atoms with Crippen LogP contribution >= 0.6 is 0 Å². The van der Waals surface area contributed by atoms with Crippen LogP contribution < -0.4 is 9.47 Å². The van der Waals surface area contributed by atoms with E-state index in [4.69, 9.17) is 9.47 Å². The van der Waals surface area contributed by atoms with Gasteiger partial charge in [-0.25, -0.2) is 4.98 Å². The highest BCUT2D eigenvalue weighted by molar-refractivity contribution is 6.02. The van der Waals surface area contributed by atoms with Crippen molar-refractivity contribution in [3.05, 3.63) is 47.8 Å². The number of pyridine rings is 1. The van der Waals surface area contributed by atoms with Crippen LogP contribution in [0.25, 0.3) is 16.9 Å². The zero-order valence-corrected chi connectivity index (χ0v) is 18.6. The van der Waals surface area contributed by atoms with Gasteiger partial charge in [-0.3, -0.25) is 9.20 Å². The lowest BCUT2D eigenvalue weighted by molar-refractivity contribution is -0.0502. The molecule has 3 aromatic rings. The predicted molar refractivity (Wildman–Crippen MR) is 118 cm³/mol. The molecule has 2 aliphatic carbocycles. The Morgan fingerprint density at radius 2 is 1.97 bits per heavy atom. The van der Waals surface area contributed by atoms with Crippen LogP contribution in [-0.2, 0) is 5.60 Å². The van der Waals surface area contributed by atoms with Gasteiger partial charge in [-0.2, -0.15) is 8.78 Å². The van der Waals surface area contributed by atoms with E-state index in [1.807, 2.05) is 19.1 Å². The fraction of sp³-hybridized carbons (Fsp3) is 0.440. The third kappa shape index (κ3) is 4.19. The van der Waals surface area contributed by atoms with E-state index >= 15 is 0 Å². The number of halogens is 2. The molecule has 5 rings (SSSR count). The van der Waals surface area contributed by atoms with E-state index in [1.54, 1.807) is 22.9 Å². The summed E-state index contributed by atoms with van der Waals surface area (Å²) in [6, 6.07) is 6.77. The Kier molecular flexibility index (Phi) is 5.35. The number of carbonyl (C=O) groups excluding carboxylic acids is 1. The molecule has 0 amide bonds. The number of hydrogen-bond acceptors (Lipinski definition) is 5. The van der Waals surface area contributed by atoms with Crippen LogP contribution in [0.3, 0.4) is 0 Å². The second-order valence-electron chi connectivity index (χ2n) is 9.21. The molecule has 1 atom stereocenters. The largest absolute Gasteiger partial charge is 0.496 e. The highest BCUT2D eigenvalue weighted by atomic mass is 19.3. The second kappa shape index (κ2) is 8.09. The number of aromatic nitrogens is 2. The minimum absolute atomic E-state index is 0.0463. The summed E-state index contributed by atoms with van der Waals surface area (Å²) in [7, 11) is 1.40. The number of nitrogens with zero attached hydrogens (tertiary/aromatic N) is 2. The molecular weight excluding hydrogens is 430 g/mol. The third-order valence-corrected chi connectivity index (χ3v) is 6.72. The van der Waals surface area contributed by atoms with Crippen LogP contribution in [0, 0.1) is 11.8 Å². The van der Waals surface area contributed by atoms with Crippen molar-refractivity contribution in [3.8, 4) is 22.8 Å². The number of methoxy groups -OCH3 is 1. The van der Waals surface area contributed by atoms with Crippen molar-refractivity contribution in [2.45, 2.75) is 51.2 Å². The van der Waals surface area contributed by atoms with Gasteiger partial charge in [-0.05, 0) is 74.3 Å². The minimum Gasteiger partial charge on any atom is -0.496 e. The van der Waals surface area contributed by atoms with Gasteiger partial charge in [-0.1, -0.05) is 0 Å². The number of aliphatic hydroxyl groups is 1. The van der Waals surface area contributed by atoms with Gasteiger partial charge in [0.15, 0.2) is 5.78 Å². The van der Waals surface area contributed by atoms with Crippen molar-refractivity contribution in [1.29, 1.82) is 0 Å². The molecule has 2 aromatic heterocycles. The highest BCUT2D eigenvalue weighted by Gasteiger charge is 2.41. The maximum Gasteiger partial charge on any atom is 0.387 e. The summed E-state index contributed by atoms with van der Waals surface area (Å²) in [5.41, 5.74) is 1.69. The second-order valence-corrected chi connectivity index (χ2v) is 9.21. The molecule has 6 nitrogen and oxygen atoms in total. The van der Waals surface area contributed by atoms with E-state index in [0.717, 1.165) is 31.2 Å². The Balaban J connectivity index is 1.57. The number of alkyl halides is 2. The van der Waals surface area contributed by atoms with Gasteiger partial charge in [0.1, 0.15) is 22.7 Å². The van der Waals surface area contributed by atoms with Gasteiger partial charge in [-0.15, -0.1) is 0 Å². The monoisotopic (exact) mass is 456 g/mol. The van der Waals surface area contributed by atoms with Crippen LogP contribution in [0.15, 0.2) is 36.7 Å². The van der Waals surface area contributed by atoms with Crippen molar-refractivity contribution in [2.75, 3.05) is 7.11 Å². The first-order valence-electron chi connectivity index (χ1n) is 11.2. The van der Waals surface area contributed by atoms with Gasteiger partial charge in [0.25, 0.3) is 0 Å². The molecule has 0 spiro atoms. The zero-order chi connectivity index (χ0) is 23.3. The Bertz CT molecular complexity index is 1210. The van der Waals surface area contributed by atoms with Gasteiger partial charge >= 0.3 is 6.61 Å². The van der Waals surface area contributed by atoms with Crippen LogP contribution in [0.5, 0.6) is 11.5 Å². The Labute approximate surface area is 190 Å². The molecule has 2 fully saturated rings. The molecule has 1 N–H and O–H groups in total. The maximum absolute atomic E-state index is 13.2. The van der Waals surface area contributed by atoms with Crippen LogP contribution in [0.1, 0.15) is 54.9 Å². The van der Waals surface area contributed by atoms with Crippen molar-refractivity contribution in [2.24, 2.45) is 11.8 Å². The predicted octanol–water partition coefficient (Wildman–Crippen LogP) is 5.21. The van der Waals surface area contributed by atoms with E-state index in [9.17, 15) is 18.7 Å². The summed E-state index contributed by atoms with van der Waals surface area (Å²) in [5, 5.41) is 10.9. The van der Waals surface area contributed by atoms with E-state index in [-0.39, 0.29) is 35.2 Å².